The second-order valence-corrected chi connectivity index (χ2v) is 6.83. The Hall–Kier alpha value is -3.58. The standard InChI is InChI=1S/C23H22N2O5/c1-28-23(27)19-15-17(25-10-12-29-13-11-25)6-8-20(19)24-22(26)9-7-18-14-16-4-2-3-5-21(16)30-18/h2-9,14-15H,10-13H2,1H3,(H,24,26)/b9-7+. The predicted octanol–water partition coefficient (Wildman–Crippen LogP) is 3.71. The molecule has 0 atom stereocenters. The molecule has 1 aliphatic rings. The van der Waals surface area contributed by atoms with Crippen molar-refractivity contribution >= 4 is 40.3 Å². The number of anilines is 2. The molecule has 2 aromatic carbocycles. The van der Waals surface area contributed by atoms with Crippen LogP contribution in [-0.4, -0.2) is 45.3 Å². The lowest BCUT2D eigenvalue weighted by molar-refractivity contribution is -0.111. The van der Waals surface area contributed by atoms with Gasteiger partial charge in [-0.3, -0.25) is 4.79 Å². The highest BCUT2D eigenvalue weighted by molar-refractivity contribution is 6.06. The van der Waals surface area contributed by atoms with E-state index in [1.54, 1.807) is 18.2 Å². The summed E-state index contributed by atoms with van der Waals surface area (Å²) in [5, 5.41) is 3.71. The van der Waals surface area contributed by atoms with Crippen LogP contribution in [0.2, 0.25) is 0 Å². The molecule has 1 aromatic heterocycles. The second-order valence-electron chi connectivity index (χ2n) is 6.83. The summed E-state index contributed by atoms with van der Waals surface area (Å²) in [7, 11) is 1.32. The van der Waals surface area contributed by atoms with Gasteiger partial charge in [0.25, 0.3) is 0 Å². The fourth-order valence-electron chi connectivity index (χ4n) is 3.36. The van der Waals surface area contributed by atoms with Crippen molar-refractivity contribution in [2.75, 3.05) is 43.6 Å². The van der Waals surface area contributed by atoms with Gasteiger partial charge in [0.1, 0.15) is 11.3 Å². The molecule has 154 valence electrons. The number of carbonyl (C=O) groups excluding carboxylic acids is 2. The largest absolute Gasteiger partial charge is 0.465 e. The third kappa shape index (κ3) is 4.36. The molecule has 30 heavy (non-hydrogen) atoms. The highest BCUT2D eigenvalue weighted by atomic mass is 16.5. The van der Waals surface area contributed by atoms with Gasteiger partial charge >= 0.3 is 5.97 Å². The summed E-state index contributed by atoms with van der Waals surface area (Å²) in [6, 6.07) is 14.8. The van der Waals surface area contributed by atoms with E-state index in [0.717, 1.165) is 29.7 Å². The molecular formula is C23H22N2O5. The van der Waals surface area contributed by atoms with Crippen LogP contribution in [0.3, 0.4) is 0 Å². The van der Waals surface area contributed by atoms with Crippen LogP contribution in [-0.2, 0) is 14.3 Å². The van der Waals surface area contributed by atoms with Crippen molar-refractivity contribution in [3.63, 3.8) is 0 Å². The minimum atomic E-state index is -0.512. The average Bonchev–Trinajstić information content (AvgIpc) is 3.21. The Bertz CT molecular complexity index is 1060. The maximum absolute atomic E-state index is 12.4. The number of nitrogens with zero attached hydrogens (tertiary/aromatic N) is 1. The third-order valence-electron chi connectivity index (χ3n) is 4.89. The van der Waals surface area contributed by atoms with Crippen LogP contribution >= 0.6 is 0 Å². The molecule has 0 aliphatic carbocycles. The average molecular weight is 406 g/mol. The SMILES string of the molecule is COC(=O)c1cc(N2CCOCC2)ccc1NC(=O)/C=C/c1cc2ccccc2o1. The molecule has 0 unspecified atom stereocenters. The summed E-state index contributed by atoms with van der Waals surface area (Å²) >= 11 is 0. The number of hydrogen-bond acceptors (Lipinski definition) is 6. The van der Waals surface area contributed by atoms with Crippen LogP contribution in [0.25, 0.3) is 17.0 Å². The molecule has 1 fully saturated rings. The van der Waals surface area contributed by atoms with Gasteiger partial charge in [0.05, 0.1) is 31.6 Å². The molecule has 1 N–H and O–H groups in total. The summed E-state index contributed by atoms with van der Waals surface area (Å²) in [4.78, 5) is 26.8. The number of hydrogen-bond donors (Lipinski definition) is 1. The van der Waals surface area contributed by atoms with E-state index in [4.69, 9.17) is 13.9 Å². The van der Waals surface area contributed by atoms with Gasteiger partial charge in [-0.1, -0.05) is 18.2 Å². The first-order chi connectivity index (χ1) is 14.6. The molecule has 7 nitrogen and oxygen atoms in total. The van der Waals surface area contributed by atoms with Crippen molar-refractivity contribution in [3.8, 4) is 0 Å². The second kappa shape index (κ2) is 8.84. The van der Waals surface area contributed by atoms with Crippen molar-refractivity contribution in [3.05, 3.63) is 65.9 Å². The van der Waals surface area contributed by atoms with E-state index < -0.39 is 5.97 Å². The Morgan fingerprint density at radius 2 is 1.90 bits per heavy atom. The first-order valence-electron chi connectivity index (χ1n) is 9.67. The summed E-state index contributed by atoms with van der Waals surface area (Å²) in [5.41, 5.74) is 2.32. The minimum absolute atomic E-state index is 0.298. The number of amides is 1. The first-order valence-corrected chi connectivity index (χ1v) is 9.67. The molecule has 0 radical (unpaired) electrons. The highest BCUT2D eigenvalue weighted by Gasteiger charge is 2.18. The molecule has 0 saturated carbocycles. The topological polar surface area (TPSA) is 81.0 Å². The van der Waals surface area contributed by atoms with Gasteiger partial charge in [-0.15, -0.1) is 0 Å². The van der Waals surface area contributed by atoms with Gasteiger partial charge < -0.3 is 24.1 Å². The maximum atomic E-state index is 12.4. The molecule has 0 bridgehead atoms. The Morgan fingerprint density at radius 1 is 1.10 bits per heavy atom. The van der Waals surface area contributed by atoms with E-state index in [9.17, 15) is 9.59 Å². The molecular weight excluding hydrogens is 384 g/mol. The van der Waals surface area contributed by atoms with Crippen LogP contribution in [0.15, 0.2) is 59.0 Å². The van der Waals surface area contributed by atoms with Crippen LogP contribution in [0.4, 0.5) is 11.4 Å². The van der Waals surface area contributed by atoms with Gasteiger partial charge in [0.2, 0.25) is 5.91 Å². The minimum Gasteiger partial charge on any atom is -0.465 e. The van der Waals surface area contributed by atoms with Gasteiger partial charge in [-0.05, 0) is 36.4 Å². The normalized spacial score (nSPS) is 14.2. The number of fused-ring (bicyclic) bond motifs is 1. The number of ether oxygens (including phenoxy) is 2. The predicted molar refractivity (Wildman–Crippen MR) is 115 cm³/mol. The molecule has 1 aliphatic heterocycles. The number of furan rings is 1. The van der Waals surface area contributed by atoms with E-state index in [1.165, 1.54) is 13.2 Å². The lowest BCUT2D eigenvalue weighted by Crippen LogP contribution is -2.36. The van der Waals surface area contributed by atoms with E-state index in [2.05, 4.69) is 10.2 Å². The van der Waals surface area contributed by atoms with Crippen molar-refractivity contribution < 1.29 is 23.5 Å². The maximum Gasteiger partial charge on any atom is 0.340 e. The molecule has 7 heteroatoms. The monoisotopic (exact) mass is 406 g/mol. The fourth-order valence-corrected chi connectivity index (χ4v) is 3.36. The van der Waals surface area contributed by atoms with Crippen molar-refractivity contribution in [2.24, 2.45) is 0 Å². The molecule has 2 heterocycles. The zero-order chi connectivity index (χ0) is 20.9. The fraction of sp³-hybridized carbons (Fsp3) is 0.217. The molecule has 1 amide bonds. The van der Waals surface area contributed by atoms with Crippen LogP contribution < -0.4 is 10.2 Å². The third-order valence-corrected chi connectivity index (χ3v) is 4.89. The summed E-state index contributed by atoms with van der Waals surface area (Å²) in [6.45, 7) is 2.76. The number of esters is 1. The lowest BCUT2D eigenvalue weighted by Gasteiger charge is -2.29. The van der Waals surface area contributed by atoms with Crippen LogP contribution in [0, 0.1) is 0 Å². The molecule has 4 rings (SSSR count). The number of para-hydroxylation sites is 1. The van der Waals surface area contributed by atoms with E-state index in [0.29, 0.717) is 30.2 Å². The van der Waals surface area contributed by atoms with Crippen LogP contribution in [0.1, 0.15) is 16.1 Å². The van der Waals surface area contributed by atoms with Crippen molar-refractivity contribution in [2.45, 2.75) is 0 Å². The number of morpholine rings is 1. The van der Waals surface area contributed by atoms with Crippen molar-refractivity contribution in [1.82, 2.24) is 0 Å². The van der Waals surface area contributed by atoms with E-state index in [-0.39, 0.29) is 5.91 Å². The number of carbonyl (C=O) groups is 2. The first kappa shape index (κ1) is 19.7. The Labute approximate surface area is 173 Å². The van der Waals surface area contributed by atoms with Crippen LogP contribution in [0.5, 0.6) is 0 Å². The number of nitrogens with one attached hydrogen (secondary N) is 1. The number of methoxy groups -OCH3 is 1. The highest BCUT2D eigenvalue weighted by Crippen LogP contribution is 2.25. The zero-order valence-corrected chi connectivity index (χ0v) is 16.6. The molecule has 1 saturated heterocycles. The summed E-state index contributed by atoms with van der Waals surface area (Å²) in [6.07, 6.45) is 2.96. The molecule has 3 aromatic rings. The van der Waals surface area contributed by atoms with Gasteiger partial charge in [-0.25, -0.2) is 4.79 Å². The zero-order valence-electron chi connectivity index (χ0n) is 16.6. The lowest BCUT2D eigenvalue weighted by atomic mass is 10.1. The van der Waals surface area contributed by atoms with Gasteiger partial charge in [0.15, 0.2) is 0 Å². The number of rotatable bonds is 5. The Morgan fingerprint density at radius 3 is 2.67 bits per heavy atom. The smallest absolute Gasteiger partial charge is 0.340 e. The number of benzene rings is 2. The Balaban J connectivity index is 1.51. The van der Waals surface area contributed by atoms with E-state index in [1.807, 2.05) is 36.4 Å². The van der Waals surface area contributed by atoms with Gasteiger partial charge in [-0.2, -0.15) is 0 Å². The van der Waals surface area contributed by atoms with Gasteiger partial charge in [0, 0.05) is 30.2 Å². The summed E-state index contributed by atoms with van der Waals surface area (Å²) < 4.78 is 15.9. The van der Waals surface area contributed by atoms with Crippen molar-refractivity contribution in [1.29, 1.82) is 0 Å². The molecule has 0 spiro atoms. The Kier molecular flexibility index (Phi) is 5.81. The van der Waals surface area contributed by atoms with E-state index >= 15 is 0 Å². The summed E-state index contributed by atoms with van der Waals surface area (Å²) in [5.74, 6) is -0.316. The quantitative estimate of drug-likeness (QED) is 0.514.